The van der Waals surface area contributed by atoms with Crippen LogP contribution in [0.1, 0.15) is 71.7 Å². The maximum absolute atomic E-state index is 13.2. The number of fused-ring (bicyclic) bond motifs is 1. The molecule has 1 N–H and O–H groups in total. The summed E-state index contributed by atoms with van der Waals surface area (Å²) in [7, 11) is 0. The normalized spacial score (nSPS) is 16.2. The van der Waals surface area contributed by atoms with Crippen LogP contribution in [0, 0.1) is 5.92 Å². The van der Waals surface area contributed by atoms with Gasteiger partial charge in [-0.05, 0) is 44.7 Å². The lowest BCUT2D eigenvalue weighted by Crippen LogP contribution is -2.48. The second kappa shape index (κ2) is 9.42. The first-order valence-electron chi connectivity index (χ1n) is 11.0. The number of amides is 2. The summed E-state index contributed by atoms with van der Waals surface area (Å²) >= 11 is 0. The Morgan fingerprint density at radius 1 is 1.21 bits per heavy atom. The molecular weight excluding hydrogens is 364 g/mol. The zero-order chi connectivity index (χ0) is 21.0. The Morgan fingerprint density at radius 2 is 1.90 bits per heavy atom. The van der Waals surface area contributed by atoms with Crippen molar-refractivity contribution < 1.29 is 4.79 Å². The highest BCUT2D eigenvalue weighted by Gasteiger charge is 2.28. The van der Waals surface area contributed by atoms with Gasteiger partial charge < -0.3 is 10.2 Å². The molecule has 6 heteroatoms. The van der Waals surface area contributed by atoms with E-state index in [1.165, 1.54) is 19.3 Å². The van der Waals surface area contributed by atoms with Gasteiger partial charge in [-0.2, -0.15) is 0 Å². The van der Waals surface area contributed by atoms with Crippen molar-refractivity contribution in [3.63, 3.8) is 0 Å². The van der Waals surface area contributed by atoms with E-state index in [1.807, 2.05) is 43.0 Å². The lowest BCUT2D eigenvalue weighted by molar-refractivity contribution is 0.159. The van der Waals surface area contributed by atoms with Gasteiger partial charge in [-0.15, -0.1) is 0 Å². The van der Waals surface area contributed by atoms with Crippen LogP contribution in [0.2, 0.25) is 0 Å². The summed E-state index contributed by atoms with van der Waals surface area (Å²) in [6, 6.07) is 7.32. The van der Waals surface area contributed by atoms with Gasteiger partial charge in [0.15, 0.2) is 0 Å². The molecule has 1 saturated carbocycles. The molecule has 0 radical (unpaired) electrons. The molecule has 6 nitrogen and oxygen atoms in total. The van der Waals surface area contributed by atoms with E-state index in [2.05, 4.69) is 19.2 Å². The number of benzene rings is 1. The number of hydrogen-bond donors (Lipinski definition) is 1. The highest BCUT2D eigenvalue weighted by Crippen LogP contribution is 2.23. The van der Waals surface area contributed by atoms with Crippen molar-refractivity contribution in [3.8, 4) is 0 Å². The van der Waals surface area contributed by atoms with Crippen molar-refractivity contribution in [2.45, 2.75) is 78.4 Å². The molecule has 1 aliphatic rings. The van der Waals surface area contributed by atoms with E-state index in [9.17, 15) is 9.59 Å². The van der Waals surface area contributed by atoms with Crippen LogP contribution in [-0.4, -0.2) is 33.1 Å². The Hall–Kier alpha value is -2.37. The third-order valence-electron chi connectivity index (χ3n) is 5.80. The molecule has 1 unspecified atom stereocenters. The van der Waals surface area contributed by atoms with Crippen molar-refractivity contribution in [3.05, 3.63) is 40.4 Å². The molecule has 3 rings (SSSR count). The molecule has 29 heavy (non-hydrogen) atoms. The third kappa shape index (κ3) is 4.80. The SMILES string of the molecule is CCn1c(C(C)N(CC(C)C)C(=O)NC2CCCCC2)nc2ccccc2c1=O. The largest absolute Gasteiger partial charge is 0.335 e. The quantitative estimate of drug-likeness (QED) is 0.780. The predicted octanol–water partition coefficient (Wildman–Crippen LogP) is 4.48. The molecular formula is C23H34N4O2. The van der Waals surface area contributed by atoms with Crippen molar-refractivity contribution in [1.29, 1.82) is 0 Å². The average Bonchev–Trinajstić information content (AvgIpc) is 2.72. The summed E-state index contributed by atoms with van der Waals surface area (Å²) in [4.78, 5) is 32.9. The number of carbonyl (C=O) groups excluding carboxylic acids is 1. The number of nitrogens with zero attached hydrogens (tertiary/aromatic N) is 3. The maximum Gasteiger partial charge on any atom is 0.318 e. The Balaban J connectivity index is 1.95. The van der Waals surface area contributed by atoms with Gasteiger partial charge in [0.05, 0.1) is 16.9 Å². The number of urea groups is 1. The summed E-state index contributed by atoms with van der Waals surface area (Å²) in [6.45, 7) is 9.28. The lowest BCUT2D eigenvalue weighted by atomic mass is 9.96. The molecule has 158 valence electrons. The van der Waals surface area contributed by atoms with Gasteiger partial charge in [0.1, 0.15) is 5.82 Å². The van der Waals surface area contributed by atoms with E-state index in [0.29, 0.717) is 35.7 Å². The number of nitrogens with one attached hydrogen (secondary N) is 1. The molecule has 0 spiro atoms. The zero-order valence-electron chi connectivity index (χ0n) is 18.1. The molecule has 2 amide bonds. The molecule has 1 aromatic heterocycles. The maximum atomic E-state index is 13.2. The number of rotatable bonds is 6. The van der Waals surface area contributed by atoms with E-state index in [4.69, 9.17) is 4.98 Å². The van der Waals surface area contributed by atoms with E-state index in [-0.39, 0.29) is 23.7 Å². The van der Waals surface area contributed by atoms with Crippen LogP contribution in [-0.2, 0) is 6.54 Å². The van der Waals surface area contributed by atoms with Crippen molar-refractivity contribution in [2.75, 3.05) is 6.54 Å². The van der Waals surface area contributed by atoms with Gasteiger partial charge >= 0.3 is 6.03 Å². The topological polar surface area (TPSA) is 67.2 Å². The first kappa shape index (κ1) is 21.3. The fraction of sp³-hybridized carbons (Fsp3) is 0.609. The number of carbonyl (C=O) groups is 1. The molecule has 1 fully saturated rings. The van der Waals surface area contributed by atoms with Gasteiger partial charge in [0, 0.05) is 19.1 Å². The number of aromatic nitrogens is 2. The summed E-state index contributed by atoms with van der Waals surface area (Å²) in [5.74, 6) is 0.965. The molecule has 1 heterocycles. The van der Waals surface area contributed by atoms with Gasteiger partial charge in [0.2, 0.25) is 0 Å². The molecule has 1 aliphatic carbocycles. The molecule has 1 atom stereocenters. The summed E-state index contributed by atoms with van der Waals surface area (Å²) < 4.78 is 1.70. The number of para-hydroxylation sites is 1. The molecule has 1 aromatic carbocycles. The van der Waals surface area contributed by atoms with E-state index >= 15 is 0 Å². The monoisotopic (exact) mass is 398 g/mol. The van der Waals surface area contributed by atoms with Crippen LogP contribution in [0.5, 0.6) is 0 Å². The molecule has 0 saturated heterocycles. The highest BCUT2D eigenvalue weighted by atomic mass is 16.2. The minimum atomic E-state index is -0.293. The first-order valence-corrected chi connectivity index (χ1v) is 11.0. The standard InChI is InChI=1S/C23H34N4O2/c1-5-26-21(25-20-14-10-9-13-19(20)22(26)28)17(4)27(15-16(2)3)23(29)24-18-11-7-6-8-12-18/h9-10,13-14,16-18H,5-8,11-12,15H2,1-4H3,(H,24,29). The Labute approximate surface area is 173 Å². The average molecular weight is 399 g/mol. The molecule has 2 aromatic rings. The van der Waals surface area contributed by atoms with Crippen molar-refractivity contribution >= 4 is 16.9 Å². The van der Waals surface area contributed by atoms with Crippen LogP contribution in [0.25, 0.3) is 10.9 Å². The fourth-order valence-electron chi connectivity index (χ4n) is 4.26. The highest BCUT2D eigenvalue weighted by molar-refractivity contribution is 5.78. The van der Waals surface area contributed by atoms with Gasteiger partial charge in [-0.1, -0.05) is 45.2 Å². The van der Waals surface area contributed by atoms with Gasteiger partial charge in [-0.25, -0.2) is 9.78 Å². The van der Waals surface area contributed by atoms with Crippen LogP contribution >= 0.6 is 0 Å². The third-order valence-corrected chi connectivity index (χ3v) is 5.80. The summed E-state index contributed by atoms with van der Waals surface area (Å²) in [5.41, 5.74) is 0.637. The molecule has 0 aliphatic heterocycles. The Bertz CT molecular complexity index is 899. The minimum Gasteiger partial charge on any atom is -0.335 e. The Kier molecular flexibility index (Phi) is 6.93. The van der Waals surface area contributed by atoms with Crippen molar-refractivity contribution in [1.82, 2.24) is 19.8 Å². The van der Waals surface area contributed by atoms with Gasteiger partial charge in [-0.3, -0.25) is 9.36 Å². The Morgan fingerprint density at radius 3 is 2.55 bits per heavy atom. The second-order valence-corrected chi connectivity index (χ2v) is 8.54. The number of hydrogen-bond acceptors (Lipinski definition) is 3. The summed E-state index contributed by atoms with van der Waals surface area (Å²) in [6.07, 6.45) is 5.69. The van der Waals surface area contributed by atoms with E-state index in [0.717, 1.165) is 12.8 Å². The van der Waals surface area contributed by atoms with Crippen LogP contribution < -0.4 is 10.9 Å². The minimum absolute atomic E-state index is 0.0443. The van der Waals surface area contributed by atoms with E-state index in [1.54, 1.807) is 4.57 Å². The van der Waals surface area contributed by atoms with Gasteiger partial charge in [0.25, 0.3) is 5.56 Å². The predicted molar refractivity (Wildman–Crippen MR) is 117 cm³/mol. The lowest BCUT2D eigenvalue weighted by Gasteiger charge is -2.34. The van der Waals surface area contributed by atoms with Crippen LogP contribution in [0.15, 0.2) is 29.1 Å². The fourth-order valence-corrected chi connectivity index (χ4v) is 4.26. The second-order valence-electron chi connectivity index (χ2n) is 8.54. The van der Waals surface area contributed by atoms with Crippen LogP contribution in [0.4, 0.5) is 4.79 Å². The summed E-state index contributed by atoms with van der Waals surface area (Å²) in [5, 5.41) is 3.85. The first-order chi connectivity index (χ1) is 13.9. The molecule has 0 bridgehead atoms. The van der Waals surface area contributed by atoms with Crippen LogP contribution in [0.3, 0.4) is 0 Å². The van der Waals surface area contributed by atoms with Crippen molar-refractivity contribution in [2.24, 2.45) is 5.92 Å². The zero-order valence-corrected chi connectivity index (χ0v) is 18.1. The smallest absolute Gasteiger partial charge is 0.318 e. The van der Waals surface area contributed by atoms with E-state index < -0.39 is 0 Å².